The number of quaternary nitrogens is 1. The normalized spacial score (nSPS) is 26.5. The third kappa shape index (κ3) is 3.68. The van der Waals surface area contributed by atoms with E-state index >= 15 is 0 Å². The lowest BCUT2D eigenvalue weighted by atomic mass is 9.90. The van der Waals surface area contributed by atoms with Gasteiger partial charge >= 0.3 is 6.03 Å². The molecule has 2 saturated heterocycles. The molecule has 0 radical (unpaired) electrons. The third-order valence-electron chi connectivity index (χ3n) is 6.86. The van der Waals surface area contributed by atoms with Gasteiger partial charge in [-0.25, -0.2) is 9.69 Å². The number of carbonyl (C=O) groups excluding carboxylic acids is 2. The highest BCUT2D eigenvalue weighted by molar-refractivity contribution is 6.06. The van der Waals surface area contributed by atoms with Crippen molar-refractivity contribution in [3.05, 3.63) is 23.8 Å². The Morgan fingerprint density at radius 1 is 1.10 bits per heavy atom. The Hall–Kier alpha value is -2.28. The number of benzene rings is 1. The molecule has 7 heteroatoms. The highest BCUT2D eigenvalue weighted by Crippen LogP contribution is 2.34. The van der Waals surface area contributed by atoms with Crippen molar-refractivity contribution in [1.82, 2.24) is 10.2 Å². The maximum Gasteiger partial charge on any atom is 0.329 e. The van der Waals surface area contributed by atoms with E-state index in [1.54, 1.807) is 14.2 Å². The molecule has 1 spiro atoms. The fourth-order valence-corrected chi connectivity index (χ4v) is 5.28. The van der Waals surface area contributed by atoms with Crippen molar-refractivity contribution < 1.29 is 24.0 Å². The van der Waals surface area contributed by atoms with E-state index in [0.29, 0.717) is 6.67 Å². The van der Waals surface area contributed by atoms with E-state index in [-0.39, 0.29) is 18.0 Å². The first-order chi connectivity index (χ1) is 14.1. The second-order valence-electron chi connectivity index (χ2n) is 8.53. The summed E-state index contributed by atoms with van der Waals surface area (Å²) in [6.45, 7) is 1.33. The highest BCUT2D eigenvalue weighted by Gasteiger charge is 2.52. The zero-order valence-electron chi connectivity index (χ0n) is 17.5. The first-order valence-electron chi connectivity index (χ1n) is 10.8. The molecule has 4 rings (SSSR count). The maximum atomic E-state index is 13.3. The summed E-state index contributed by atoms with van der Waals surface area (Å²) in [5.74, 6) is 1.59. The number of urea groups is 1. The SMILES string of the molecule is COc1ccc(OC)c([C@@H]2CCC[NH+]2CN2C(=O)NC3(CCCCCC3)C2=O)c1. The molecular formula is C22H32N3O4+. The largest absolute Gasteiger partial charge is 0.497 e. The van der Waals surface area contributed by atoms with Crippen LogP contribution in [0.15, 0.2) is 18.2 Å². The lowest BCUT2D eigenvalue weighted by Crippen LogP contribution is -3.12. The van der Waals surface area contributed by atoms with Crippen molar-refractivity contribution in [1.29, 1.82) is 0 Å². The van der Waals surface area contributed by atoms with Crippen LogP contribution in [-0.4, -0.2) is 49.8 Å². The minimum absolute atomic E-state index is 0.0276. The van der Waals surface area contributed by atoms with Crippen molar-refractivity contribution >= 4 is 11.9 Å². The smallest absolute Gasteiger partial charge is 0.329 e. The number of ether oxygens (including phenoxy) is 2. The Bertz CT molecular complexity index is 773. The van der Waals surface area contributed by atoms with Crippen LogP contribution in [0.3, 0.4) is 0 Å². The minimum atomic E-state index is -0.671. The molecule has 1 aromatic carbocycles. The first-order valence-corrected chi connectivity index (χ1v) is 10.8. The molecule has 3 amide bonds. The van der Waals surface area contributed by atoms with Gasteiger partial charge in [0.2, 0.25) is 0 Å². The van der Waals surface area contributed by atoms with Gasteiger partial charge in [-0.3, -0.25) is 4.79 Å². The number of likely N-dealkylation sites (tertiary alicyclic amines) is 1. The van der Waals surface area contributed by atoms with Gasteiger partial charge in [0, 0.05) is 12.8 Å². The van der Waals surface area contributed by atoms with Crippen molar-refractivity contribution in [2.45, 2.75) is 62.9 Å². The summed E-state index contributed by atoms with van der Waals surface area (Å²) in [5.41, 5.74) is 0.409. The fraction of sp³-hybridized carbons (Fsp3) is 0.636. The second kappa shape index (κ2) is 8.22. The molecule has 1 saturated carbocycles. The van der Waals surface area contributed by atoms with Gasteiger partial charge in [-0.15, -0.1) is 0 Å². The topological polar surface area (TPSA) is 72.3 Å². The Labute approximate surface area is 172 Å². The van der Waals surface area contributed by atoms with Crippen LogP contribution < -0.4 is 19.7 Å². The number of rotatable bonds is 5. The third-order valence-corrected chi connectivity index (χ3v) is 6.86. The number of nitrogens with zero attached hydrogens (tertiary/aromatic N) is 1. The van der Waals surface area contributed by atoms with Crippen LogP contribution in [0.4, 0.5) is 4.79 Å². The predicted octanol–water partition coefficient (Wildman–Crippen LogP) is 2.03. The molecule has 7 nitrogen and oxygen atoms in total. The van der Waals surface area contributed by atoms with Crippen LogP contribution >= 0.6 is 0 Å². The molecule has 0 bridgehead atoms. The van der Waals surface area contributed by atoms with Crippen molar-refractivity contribution in [3.8, 4) is 11.5 Å². The Balaban J connectivity index is 1.55. The van der Waals surface area contributed by atoms with Crippen molar-refractivity contribution in [2.24, 2.45) is 0 Å². The molecule has 3 fully saturated rings. The molecule has 3 aliphatic rings. The van der Waals surface area contributed by atoms with Crippen molar-refractivity contribution in [2.75, 3.05) is 27.4 Å². The molecule has 1 aliphatic carbocycles. The average Bonchev–Trinajstić information content (AvgIpc) is 3.18. The zero-order valence-corrected chi connectivity index (χ0v) is 17.5. The average molecular weight is 403 g/mol. The van der Waals surface area contributed by atoms with E-state index in [9.17, 15) is 9.59 Å². The standard InChI is InChI=1S/C22H31N3O4/c1-28-16-9-10-19(29-2)17(14-16)18-8-7-13-24(18)15-25-20(26)22(23-21(25)27)11-5-3-4-6-12-22/h9-10,14,18H,3-8,11-13,15H2,1-2H3,(H,23,27)/p+1/t18-/m0/s1. The number of amides is 3. The summed E-state index contributed by atoms with van der Waals surface area (Å²) in [6.07, 6.45) is 7.84. The van der Waals surface area contributed by atoms with Crippen LogP contribution in [0, 0.1) is 0 Å². The van der Waals surface area contributed by atoms with E-state index in [4.69, 9.17) is 9.47 Å². The molecule has 2 atom stereocenters. The van der Waals surface area contributed by atoms with Gasteiger partial charge in [-0.05, 0) is 31.0 Å². The summed E-state index contributed by atoms with van der Waals surface area (Å²) in [5, 5.41) is 3.06. The summed E-state index contributed by atoms with van der Waals surface area (Å²) >= 11 is 0. The molecule has 2 heterocycles. The lowest BCUT2D eigenvalue weighted by Gasteiger charge is -2.28. The predicted molar refractivity (Wildman–Crippen MR) is 108 cm³/mol. The summed E-state index contributed by atoms with van der Waals surface area (Å²) in [7, 11) is 3.33. The van der Waals surface area contributed by atoms with Gasteiger partial charge in [-0.2, -0.15) is 0 Å². The van der Waals surface area contributed by atoms with Gasteiger partial charge in [-0.1, -0.05) is 25.7 Å². The second-order valence-corrected chi connectivity index (χ2v) is 8.53. The number of hydrogen-bond donors (Lipinski definition) is 2. The van der Waals surface area contributed by atoms with Gasteiger partial charge in [0.1, 0.15) is 23.1 Å². The summed E-state index contributed by atoms with van der Waals surface area (Å²) in [4.78, 5) is 28.7. The zero-order chi connectivity index (χ0) is 20.4. The maximum absolute atomic E-state index is 13.3. The Morgan fingerprint density at radius 2 is 1.86 bits per heavy atom. The molecule has 158 valence electrons. The Morgan fingerprint density at radius 3 is 2.55 bits per heavy atom. The molecular weight excluding hydrogens is 370 g/mol. The monoisotopic (exact) mass is 402 g/mol. The highest BCUT2D eigenvalue weighted by atomic mass is 16.5. The molecule has 2 N–H and O–H groups in total. The molecule has 2 aliphatic heterocycles. The van der Waals surface area contributed by atoms with Crippen molar-refractivity contribution in [3.63, 3.8) is 0 Å². The van der Waals surface area contributed by atoms with E-state index in [1.165, 1.54) is 9.80 Å². The summed E-state index contributed by atoms with van der Waals surface area (Å²) in [6, 6.07) is 5.79. The van der Waals surface area contributed by atoms with Crippen LogP contribution in [-0.2, 0) is 4.79 Å². The summed E-state index contributed by atoms with van der Waals surface area (Å²) < 4.78 is 11.0. The van der Waals surface area contributed by atoms with Crippen LogP contribution in [0.1, 0.15) is 63.0 Å². The van der Waals surface area contributed by atoms with Crippen LogP contribution in [0.25, 0.3) is 0 Å². The Kier molecular flexibility index (Phi) is 5.67. The number of methoxy groups -OCH3 is 2. The number of hydrogen-bond acceptors (Lipinski definition) is 4. The fourth-order valence-electron chi connectivity index (χ4n) is 5.28. The van der Waals surface area contributed by atoms with Gasteiger partial charge in [0.25, 0.3) is 5.91 Å². The van der Waals surface area contributed by atoms with Crippen LogP contribution in [0.5, 0.6) is 11.5 Å². The minimum Gasteiger partial charge on any atom is -0.497 e. The van der Waals surface area contributed by atoms with E-state index in [0.717, 1.165) is 75.0 Å². The molecule has 0 aromatic heterocycles. The van der Waals surface area contributed by atoms with Crippen LogP contribution in [0.2, 0.25) is 0 Å². The van der Waals surface area contributed by atoms with E-state index < -0.39 is 5.54 Å². The number of nitrogens with one attached hydrogen (secondary N) is 2. The molecule has 1 aromatic rings. The quantitative estimate of drug-likeness (QED) is 0.740. The van der Waals surface area contributed by atoms with Gasteiger partial charge < -0.3 is 19.7 Å². The molecule has 29 heavy (non-hydrogen) atoms. The first kappa shape index (κ1) is 20.0. The molecule has 1 unspecified atom stereocenters. The van der Waals surface area contributed by atoms with E-state index in [2.05, 4.69) is 5.32 Å². The lowest BCUT2D eigenvalue weighted by molar-refractivity contribution is -0.925. The number of imide groups is 1. The van der Waals surface area contributed by atoms with Gasteiger partial charge in [0.05, 0.1) is 26.3 Å². The van der Waals surface area contributed by atoms with Gasteiger partial charge in [0.15, 0.2) is 6.67 Å². The number of carbonyl (C=O) groups is 2. The van der Waals surface area contributed by atoms with E-state index in [1.807, 2.05) is 18.2 Å².